The number of hydrogen-bond acceptors (Lipinski definition) is 7. The number of carboxylic acid groups (broad SMARTS) is 1. The third-order valence-electron chi connectivity index (χ3n) is 4.73. The number of nitro groups is 1. The van der Waals surface area contributed by atoms with Gasteiger partial charge < -0.3 is 21.1 Å². The van der Waals surface area contributed by atoms with Crippen molar-refractivity contribution in [3.63, 3.8) is 0 Å². The zero-order valence-corrected chi connectivity index (χ0v) is 19.2. The molecule has 0 unspecified atom stereocenters. The highest BCUT2D eigenvalue weighted by Gasteiger charge is 2.40. The van der Waals surface area contributed by atoms with Crippen LogP contribution in [0.3, 0.4) is 0 Å². The van der Waals surface area contributed by atoms with Crippen LogP contribution in [-0.4, -0.2) is 71.4 Å². The second-order valence-electron chi connectivity index (χ2n) is 8.51. The predicted octanol–water partition coefficient (Wildman–Crippen LogP) is 0.415. The van der Waals surface area contributed by atoms with E-state index >= 15 is 0 Å². The highest BCUT2D eigenvalue weighted by atomic mass is 32.2. The molecule has 4 N–H and O–H groups in total. The smallest absolute Gasteiger partial charge is 0.328 e. The van der Waals surface area contributed by atoms with E-state index < -0.39 is 57.0 Å². The molecule has 1 aromatic rings. The third kappa shape index (κ3) is 6.86. The monoisotopic (exact) mass is 485 g/mol. The summed E-state index contributed by atoms with van der Waals surface area (Å²) in [5.41, 5.74) is -0.834. The number of nitro benzene ring substituents is 1. The van der Waals surface area contributed by atoms with Crippen molar-refractivity contribution in [1.82, 2.24) is 20.3 Å². The van der Waals surface area contributed by atoms with Crippen molar-refractivity contribution in [2.24, 2.45) is 0 Å². The summed E-state index contributed by atoms with van der Waals surface area (Å²) in [4.78, 5) is 46.1. The molecule has 2 atom stereocenters. The highest BCUT2D eigenvalue weighted by molar-refractivity contribution is 7.89. The number of carboxylic acids is 1. The maximum Gasteiger partial charge on any atom is 0.328 e. The van der Waals surface area contributed by atoms with Gasteiger partial charge >= 0.3 is 12.0 Å². The number of rotatable bonds is 8. The number of nitrogens with one attached hydrogen (secondary N) is 3. The summed E-state index contributed by atoms with van der Waals surface area (Å²) >= 11 is 0. The van der Waals surface area contributed by atoms with Gasteiger partial charge in [-0.25, -0.2) is 18.0 Å². The van der Waals surface area contributed by atoms with Crippen LogP contribution in [0, 0.1) is 10.1 Å². The summed E-state index contributed by atoms with van der Waals surface area (Å²) in [6.45, 7) is 4.83. The number of carbonyl (C=O) groups is 3. The first-order chi connectivity index (χ1) is 15.2. The number of carbonyl (C=O) groups excluding carboxylic acids is 2. The Balaban J connectivity index is 2.11. The molecule has 1 fully saturated rings. The molecule has 1 heterocycles. The number of amides is 3. The molecule has 0 radical (unpaired) electrons. The van der Waals surface area contributed by atoms with Crippen LogP contribution in [0.1, 0.15) is 33.6 Å². The second kappa shape index (κ2) is 10.1. The number of sulfonamides is 1. The topological polar surface area (TPSA) is 188 Å². The number of urea groups is 1. The van der Waals surface area contributed by atoms with E-state index in [0.717, 1.165) is 28.6 Å². The molecule has 0 saturated carbocycles. The first-order valence-electron chi connectivity index (χ1n) is 10.1. The fourth-order valence-electron chi connectivity index (χ4n) is 3.21. The summed E-state index contributed by atoms with van der Waals surface area (Å²) in [5.74, 6) is -2.22. The predicted molar refractivity (Wildman–Crippen MR) is 116 cm³/mol. The van der Waals surface area contributed by atoms with E-state index in [1.165, 1.54) is 0 Å². The van der Waals surface area contributed by atoms with Gasteiger partial charge in [0, 0.05) is 24.2 Å². The fraction of sp³-hybridized carbons (Fsp3) is 0.526. The Kier molecular flexibility index (Phi) is 7.97. The van der Waals surface area contributed by atoms with Crippen molar-refractivity contribution in [2.75, 3.05) is 13.1 Å². The van der Waals surface area contributed by atoms with Gasteiger partial charge in [-0.05, 0) is 45.7 Å². The molecule has 2 rings (SSSR count). The van der Waals surface area contributed by atoms with Crippen molar-refractivity contribution in [3.8, 4) is 0 Å². The van der Waals surface area contributed by atoms with Gasteiger partial charge in [-0.2, -0.15) is 4.31 Å². The number of non-ortho nitro benzene ring substituents is 1. The summed E-state index contributed by atoms with van der Waals surface area (Å²) < 4.78 is 26.9. The number of aliphatic carboxylic acids is 1. The highest BCUT2D eigenvalue weighted by Crippen LogP contribution is 2.27. The van der Waals surface area contributed by atoms with Crippen LogP contribution in [0.4, 0.5) is 10.5 Å². The molecule has 0 spiro atoms. The minimum Gasteiger partial charge on any atom is -0.480 e. The standard InChI is InChI=1S/C19H27N5O8S/c1-19(2,3)22-18(28)20-11-14(17(26)27)21-16(25)15-5-4-10-23(15)33(31,32)13-8-6-12(7-9-13)24(29)30/h6-9,14-15H,4-5,10-11H2,1-3H3,(H,21,25)(H,26,27)(H2,20,22,28)/t14-,15-/m0/s1. The Morgan fingerprint density at radius 1 is 1.24 bits per heavy atom. The second-order valence-corrected chi connectivity index (χ2v) is 10.4. The van der Waals surface area contributed by atoms with Crippen molar-refractivity contribution in [1.29, 1.82) is 0 Å². The third-order valence-corrected chi connectivity index (χ3v) is 6.65. The zero-order valence-electron chi connectivity index (χ0n) is 18.4. The maximum absolute atomic E-state index is 13.0. The number of hydrogen-bond donors (Lipinski definition) is 4. The van der Waals surface area contributed by atoms with E-state index in [2.05, 4.69) is 16.0 Å². The van der Waals surface area contributed by atoms with E-state index in [1.807, 2.05) is 0 Å². The fourth-order valence-corrected chi connectivity index (χ4v) is 4.87. The zero-order chi connectivity index (χ0) is 25.0. The quantitative estimate of drug-likeness (QED) is 0.301. The Morgan fingerprint density at radius 2 is 1.85 bits per heavy atom. The van der Waals surface area contributed by atoms with Crippen LogP contribution in [0.25, 0.3) is 0 Å². The lowest BCUT2D eigenvalue weighted by atomic mass is 10.1. The van der Waals surface area contributed by atoms with Crippen LogP contribution >= 0.6 is 0 Å². The molecule has 1 saturated heterocycles. The van der Waals surface area contributed by atoms with Gasteiger partial charge in [0.25, 0.3) is 5.69 Å². The van der Waals surface area contributed by atoms with E-state index in [9.17, 15) is 38.0 Å². The van der Waals surface area contributed by atoms with Crippen molar-refractivity contribution in [3.05, 3.63) is 34.4 Å². The molecule has 0 bridgehead atoms. The molecular weight excluding hydrogens is 458 g/mol. The number of nitrogens with zero attached hydrogens (tertiary/aromatic N) is 2. The van der Waals surface area contributed by atoms with Gasteiger partial charge in [0.15, 0.2) is 0 Å². The van der Waals surface area contributed by atoms with E-state index in [-0.39, 0.29) is 23.5 Å². The van der Waals surface area contributed by atoms with Crippen molar-refractivity contribution in [2.45, 2.75) is 56.1 Å². The normalized spacial score (nSPS) is 17.7. The first-order valence-corrected chi connectivity index (χ1v) is 11.5. The van der Waals surface area contributed by atoms with Gasteiger partial charge in [0.05, 0.1) is 16.4 Å². The Morgan fingerprint density at radius 3 is 2.36 bits per heavy atom. The van der Waals surface area contributed by atoms with Crippen LogP contribution < -0.4 is 16.0 Å². The Labute approximate surface area is 190 Å². The lowest BCUT2D eigenvalue weighted by Gasteiger charge is -2.25. The largest absolute Gasteiger partial charge is 0.480 e. The summed E-state index contributed by atoms with van der Waals surface area (Å²) in [6, 6.07) is 1.01. The van der Waals surface area contributed by atoms with Gasteiger partial charge in [-0.3, -0.25) is 14.9 Å². The molecule has 1 aliphatic rings. The Bertz CT molecular complexity index is 1020. The van der Waals surface area contributed by atoms with E-state index in [1.54, 1.807) is 20.8 Å². The maximum atomic E-state index is 13.0. The molecule has 182 valence electrons. The van der Waals surface area contributed by atoms with Gasteiger partial charge in [0.2, 0.25) is 15.9 Å². The van der Waals surface area contributed by atoms with Crippen molar-refractivity contribution >= 4 is 33.6 Å². The molecule has 1 aromatic carbocycles. The molecular formula is C19H27N5O8S. The minimum absolute atomic E-state index is 0.0292. The van der Waals surface area contributed by atoms with Crippen LogP contribution in [0.15, 0.2) is 29.2 Å². The molecule has 0 aromatic heterocycles. The molecule has 13 nitrogen and oxygen atoms in total. The van der Waals surface area contributed by atoms with Gasteiger partial charge in [-0.1, -0.05) is 0 Å². The summed E-state index contributed by atoms with van der Waals surface area (Å²) in [6.07, 6.45) is 0.538. The average Bonchev–Trinajstić information content (AvgIpc) is 3.20. The van der Waals surface area contributed by atoms with Crippen LogP contribution in [0.2, 0.25) is 0 Å². The first kappa shape index (κ1) is 26.0. The van der Waals surface area contributed by atoms with Crippen molar-refractivity contribution < 1.29 is 32.8 Å². The Hall–Kier alpha value is -3.26. The van der Waals surface area contributed by atoms with Crippen LogP contribution in [0.5, 0.6) is 0 Å². The van der Waals surface area contributed by atoms with Gasteiger partial charge in [-0.15, -0.1) is 0 Å². The van der Waals surface area contributed by atoms with E-state index in [0.29, 0.717) is 6.42 Å². The van der Waals surface area contributed by atoms with Crippen LogP contribution in [-0.2, 0) is 19.6 Å². The average molecular weight is 486 g/mol. The lowest BCUT2D eigenvalue weighted by molar-refractivity contribution is -0.384. The lowest BCUT2D eigenvalue weighted by Crippen LogP contribution is -2.55. The summed E-state index contributed by atoms with van der Waals surface area (Å²) in [5, 5.41) is 27.4. The molecule has 14 heteroatoms. The number of benzene rings is 1. The molecule has 0 aliphatic carbocycles. The molecule has 3 amide bonds. The summed E-state index contributed by atoms with van der Waals surface area (Å²) in [7, 11) is -4.15. The van der Waals surface area contributed by atoms with E-state index in [4.69, 9.17) is 0 Å². The molecule has 33 heavy (non-hydrogen) atoms. The minimum atomic E-state index is -4.15. The molecule has 1 aliphatic heterocycles. The SMILES string of the molecule is CC(C)(C)NC(=O)NC[C@H](NC(=O)[C@@H]1CCCN1S(=O)(=O)c1ccc([N+](=O)[O-])cc1)C(=O)O. The van der Waals surface area contributed by atoms with Gasteiger partial charge in [0.1, 0.15) is 12.1 Å².